The zero-order valence-corrected chi connectivity index (χ0v) is 57.3. The van der Waals surface area contributed by atoms with Gasteiger partial charge < -0.3 is 33.5 Å². The lowest BCUT2D eigenvalue weighted by atomic mass is 9.90. The summed E-state index contributed by atoms with van der Waals surface area (Å²) in [4.78, 5) is 82.7. The number of halogens is 2. The molecule has 4 bridgehead atoms. The molecule has 8 aliphatic rings. The van der Waals surface area contributed by atoms with E-state index in [2.05, 4.69) is 43.6 Å². The van der Waals surface area contributed by atoms with Crippen molar-refractivity contribution in [2.75, 3.05) is 68.8 Å². The molecule has 20 nitrogen and oxygen atoms in total. The van der Waals surface area contributed by atoms with Gasteiger partial charge in [0.2, 0.25) is 6.29 Å². The van der Waals surface area contributed by atoms with Crippen molar-refractivity contribution in [1.29, 1.82) is 0 Å². The Bertz CT molecular complexity index is 4930. The summed E-state index contributed by atoms with van der Waals surface area (Å²) in [6.07, 6.45) is 24.0. The number of para-hydroxylation sites is 1. The fourth-order valence-electron chi connectivity index (χ4n) is 18.3. The van der Waals surface area contributed by atoms with E-state index in [0.29, 0.717) is 107 Å². The van der Waals surface area contributed by atoms with Crippen LogP contribution in [0.2, 0.25) is 0 Å². The Hall–Kier alpha value is -10.3. The SMILES string of the molecule is C#Cc1cccc2cccc(-c3ncc4c(N5CC6CCC(C5)N6C(=O)OC(C)OC(=O)C(C)C)nc(OCC56CCCN5C(c5ccc(C#C)c7c(-c8ncc9c(N%10CC%11CCC(C%10)N%11C(=O)Oc%10ccccc%10)nc(OCC%10%11CCCN%10CCC%11)nc9c8F)cccc57)CC6)nc4c3F)c12. The number of esters is 1. The zero-order chi connectivity index (χ0) is 69.7. The van der Waals surface area contributed by atoms with Gasteiger partial charge in [0.15, 0.2) is 11.6 Å². The molecule has 0 radical (unpaired) electrons. The average molecular weight is 1370 g/mol. The van der Waals surface area contributed by atoms with Crippen LogP contribution >= 0.6 is 0 Å². The molecule has 5 aromatic carbocycles. The maximum Gasteiger partial charge on any atom is 0.415 e. The maximum absolute atomic E-state index is 18.3. The van der Waals surface area contributed by atoms with Gasteiger partial charge in [-0.2, -0.15) is 19.9 Å². The van der Waals surface area contributed by atoms with Gasteiger partial charge in [0.25, 0.3) is 0 Å². The number of ether oxygens (including phenoxy) is 5. The Morgan fingerprint density at radius 1 is 0.569 bits per heavy atom. The molecule has 102 heavy (non-hydrogen) atoms. The second-order valence-corrected chi connectivity index (χ2v) is 29.1. The summed E-state index contributed by atoms with van der Waals surface area (Å²) in [7, 11) is 0. The molecule has 0 aliphatic carbocycles. The van der Waals surface area contributed by atoms with Crippen LogP contribution < -0.4 is 24.0 Å². The van der Waals surface area contributed by atoms with Crippen molar-refractivity contribution in [3.8, 4) is 65.0 Å². The first-order chi connectivity index (χ1) is 49.7. The lowest BCUT2D eigenvalue weighted by molar-refractivity contribution is -0.170. The Balaban J connectivity index is 0.688. The number of pyridine rings is 2. The minimum absolute atomic E-state index is 0.00492. The Morgan fingerprint density at radius 3 is 1.71 bits per heavy atom. The van der Waals surface area contributed by atoms with E-state index in [1.54, 1.807) is 43.3 Å². The zero-order valence-electron chi connectivity index (χ0n) is 57.3. The third kappa shape index (κ3) is 11.1. The van der Waals surface area contributed by atoms with Crippen molar-refractivity contribution in [3.05, 3.63) is 138 Å². The molecule has 8 saturated heterocycles. The standard InChI is InChI=1S/C80H78F2N12O8/c1-6-49-17-11-18-51-19-12-23-59(64(49)51)68-66(81)70-61(39-83-68)73(89-41-52-26-27-53(42-89)93(52)77(96)101-48(5)100-74(95)47(3)4)88-76(86-70)99-46-80-34-16-38-92(80)63(31-35-80)57-30-25-50(7-2)65-58(57)22-13-24-60(65)69-67(82)71-62(40-84-69)72(87-75(85-71)98-45-79-32-14-36-91(79)37-15-33-79)90-43-54-28-29-55(44-90)94(54)78(97)102-56-20-9-8-10-21-56/h1-2,8-13,17-25,30,39-40,47-48,52-55,63H,14-16,26-29,31-38,41-46H2,3-5H3. The summed E-state index contributed by atoms with van der Waals surface area (Å²) in [5, 5.41) is 3.90. The van der Waals surface area contributed by atoms with Gasteiger partial charge in [-0.25, -0.2) is 18.4 Å². The summed E-state index contributed by atoms with van der Waals surface area (Å²) in [6, 6.07) is 29.3. The van der Waals surface area contributed by atoms with E-state index in [1.165, 1.54) is 6.92 Å². The number of terminal acetylenes is 2. The molecule has 7 atom stereocenters. The van der Waals surface area contributed by atoms with Crippen LogP contribution in [0.3, 0.4) is 0 Å². The highest BCUT2D eigenvalue weighted by Gasteiger charge is 2.52. The Labute approximate surface area is 589 Å². The first-order valence-corrected chi connectivity index (χ1v) is 35.9. The van der Waals surface area contributed by atoms with Gasteiger partial charge in [0.05, 0.1) is 51.9 Å². The summed E-state index contributed by atoms with van der Waals surface area (Å²) in [6.45, 7) is 9.90. The van der Waals surface area contributed by atoms with Crippen LogP contribution in [0.4, 0.5) is 30.0 Å². The fraction of sp³-hybridized carbons (Fsp3) is 0.412. The van der Waals surface area contributed by atoms with Gasteiger partial charge in [-0.1, -0.05) is 98.5 Å². The Kier molecular flexibility index (Phi) is 16.6. The number of anilines is 2. The Morgan fingerprint density at radius 2 is 1.11 bits per heavy atom. The summed E-state index contributed by atoms with van der Waals surface area (Å²) in [5.74, 6) is 4.97. The molecule has 0 spiro atoms. The molecule has 9 aromatic rings. The number of rotatable bonds is 15. The van der Waals surface area contributed by atoms with Gasteiger partial charge in [-0.05, 0) is 137 Å². The largest absolute Gasteiger partial charge is 0.461 e. The highest BCUT2D eigenvalue weighted by atomic mass is 19.1. The second kappa shape index (κ2) is 26.0. The van der Waals surface area contributed by atoms with E-state index in [-0.39, 0.29) is 76.8 Å². The summed E-state index contributed by atoms with van der Waals surface area (Å²) >= 11 is 0. The third-order valence-electron chi connectivity index (χ3n) is 23.1. The molecule has 0 N–H and O–H groups in total. The number of piperazine rings is 2. The molecule has 7 unspecified atom stereocenters. The number of hydrogen-bond acceptors (Lipinski definition) is 18. The third-order valence-corrected chi connectivity index (χ3v) is 23.1. The van der Waals surface area contributed by atoms with Gasteiger partial charge in [0.1, 0.15) is 53.0 Å². The van der Waals surface area contributed by atoms with Crippen LogP contribution in [-0.4, -0.2) is 168 Å². The van der Waals surface area contributed by atoms with Gasteiger partial charge in [-0.15, -0.1) is 12.8 Å². The molecule has 520 valence electrons. The first-order valence-electron chi connectivity index (χ1n) is 35.9. The molecule has 12 heterocycles. The van der Waals surface area contributed by atoms with E-state index in [4.69, 9.17) is 66.4 Å². The predicted octanol–water partition coefficient (Wildman–Crippen LogP) is 13.2. The number of carbonyl (C=O) groups excluding carboxylic acids is 3. The van der Waals surface area contributed by atoms with Crippen LogP contribution in [0.15, 0.2) is 109 Å². The van der Waals surface area contributed by atoms with Crippen molar-refractivity contribution in [2.24, 2.45) is 5.92 Å². The second-order valence-electron chi connectivity index (χ2n) is 29.1. The number of hydrogen-bond donors (Lipinski definition) is 0. The molecule has 4 aromatic heterocycles. The number of carbonyl (C=O) groups is 3. The van der Waals surface area contributed by atoms with E-state index < -0.39 is 47.5 Å². The molecule has 8 fully saturated rings. The van der Waals surface area contributed by atoms with Crippen LogP contribution in [0.25, 0.3) is 65.9 Å². The van der Waals surface area contributed by atoms with E-state index in [0.717, 1.165) is 100 Å². The van der Waals surface area contributed by atoms with E-state index >= 15 is 8.78 Å². The van der Waals surface area contributed by atoms with Crippen molar-refractivity contribution in [1.82, 2.24) is 49.5 Å². The highest BCUT2D eigenvalue weighted by Crippen LogP contribution is 2.52. The van der Waals surface area contributed by atoms with Crippen LogP contribution in [0.5, 0.6) is 17.8 Å². The van der Waals surface area contributed by atoms with Crippen LogP contribution in [-0.2, 0) is 14.3 Å². The minimum atomic E-state index is -1.09. The van der Waals surface area contributed by atoms with E-state index in [1.807, 2.05) is 77.7 Å². The van der Waals surface area contributed by atoms with Gasteiger partial charge in [0, 0.05) is 84.6 Å². The molecule has 17 rings (SSSR count). The molecule has 22 heteroatoms. The van der Waals surface area contributed by atoms with Crippen molar-refractivity contribution >= 4 is 73.1 Å². The number of fused-ring (bicyclic) bond motifs is 10. The van der Waals surface area contributed by atoms with Crippen molar-refractivity contribution in [3.63, 3.8) is 0 Å². The van der Waals surface area contributed by atoms with Crippen molar-refractivity contribution < 1.29 is 46.8 Å². The summed E-state index contributed by atoms with van der Waals surface area (Å²) < 4.78 is 66.8. The predicted molar refractivity (Wildman–Crippen MR) is 382 cm³/mol. The maximum atomic E-state index is 18.3. The monoisotopic (exact) mass is 1370 g/mol. The smallest absolute Gasteiger partial charge is 0.415 e. The van der Waals surface area contributed by atoms with Crippen molar-refractivity contribution in [2.45, 2.75) is 145 Å². The number of amides is 2. The van der Waals surface area contributed by atoms with Gasteiger partial charge in [-0.3, -0.25) is 34.4 Å². The molecule has 0 saturated carbocycles. The molecular formula is C80H78F2N12O8. The molecule has 2 amide bonds. The van der Waals surface area contributed by atoms with Crippen LogP contribution in [0, 0.1) is 42.2 Å². The molecule has 8 aliphatic heterocycles. The number of nitrogens with zero attached hydrogens (tertiary/aromatic N) is 12. The number of benzene rings is 5. The first kappa shape index (κ1) is 65.0. The topological polar surface area (TPSA) is 194 Å². The van der Waals surface area contributed by atoms with Gasteiger partial charge >= 0.3 is 30.2 Å². The summed E-state index contributed by atoms with van der Waals surface area (Å²) in [5.41, 5.74) is 2.92. The normalized spacial score (nSPS) is 23.1. The minimum Gasteiger partial charge on any atom is -0.461 e. The fourth-order valence-corrected chi connectivity index (χ4v) is 18.3. The average Bonchev–Trinajstić information content (AvgIpc) is 0.868. The van der Waals surface area contributed by atoms with E-state index in [9.17, 15) is 14.4 Å². The number of aromatic nitrogens is 6. The lowest BCUT2D eigenvalue weighted by Gasteiger charge is -2.41. The molecular weight excluding hydrogens is 1290 g/mol. The van der Waals surface area contributed by atoms with Crippen LogP contribution in [0.1, 0.15) is 121 Å². The highest BCUT2D eigenvalue weighted by molar-refractivity contribution is 6.04. The quantitative estimate of drug-likeness (QED) is 0.0534. The lowest BCUT2D eigenvalue weighted by Crippen LogP contribution is -2.56.